The molecule has 1 amide bonds. The molecule has 2 unspecified atom stereocenters. The third kappa shape index (κ3) is 2.51. The molecule has 2 atom stereocenters. The molecule has 108 valence electrons. The molecule has 0 heterocycles. The largest absolute Gasteiger partial charge is 0.369 e. The van der Waals surface area contributed by atoms with Crippen molar-refractivity contribution < 1.29 is 9.18 Å². The van der Waals surface area contributed by atoms with E-state index in [1.54, 1.807) is 18.2 Å². The van der Waals surface area contributed by atoms with Gasteiger partial charge in [-0.25, -0.2) is 4.39 Å². The summed E-state index contributed by atoms with van der Waals surface area (Å²) in [5.41, 5.74) is 5.25. The molecule has 3 N–H and O–H groups in total. The Hall–Kier alpha value is -1.58. The van der Waals surface area contributed by atoms with Crippen LogP contribution in [0.25, 0.3) is 0 Å². The monoisotopic (exact) mass is 276 g/mol. The number of halogens is 1. The van der Waals surface area contributed by atoms with Gasteiger partial charge in [0.1, 0.15) is 11.4 Å². The van der Waals surface area contributed by atoms with Gasteiger partial charge in [-0.15, -0.1) is 0 Å². The molecule has 0 radical (unpaired) electrons. The maximum absolute atomic E-state index is 13.8. The van der Waals surface area contributed by atoms with Gasteiger partial charge in [0.05, 0.1) is 5.69 Å². The number of primary amides is 1. The van der Waals surface area contributed by atoms with Gasteiger partial charge in [-0.2, -0.15) is 0 Å². The average molecular weight is 276 g/mol. The zero-order valence-electron chi connectivity index (χ0n) is 11.6. The standard InChI is InChI=1S/C16H21FN2O/c17-13-5-1-2-6-14(13)19-16(15(18)20)9-3-4-12(10-16)11-7-8-11/h1-2,5-6,11-12,19H,3-4,7-10H2,(H2,18,20). The fourth-order valence-electron chi connectivity index (χ4n) is 3.51. The Balaban J connectivity index is 1.84. The molecular weight excluding hydrogens is 255 g/mol. The maximum atomic E-state index is 13.8. The Kier molecular flexibility index (Phi) is 3.40. The highest BCUT2D eigenvalue weighted by atomic mass is 19.1. The number of benzene rings is 1. The van der Waals surface area contributed by atoms with Crippen LogP contribution in [0.4, 0.5) is 10.1 Å². The summed E-state index contributed by atoms with van der Waals surface area (Å²) in [6, 6.07) is 6.48. The van der Waals surface area contributed by atoms with E-state index in [1.807, 2.05) is 0 Å². The van der Waals surface area contributed by atoms with Crippen molar-refractivity contribution in [3.63, 3.8) is 0 Å². The summed E-state index contributed by atoms with van der Waals surface area (Å²) in [6.07, 6.45) is 6.10. The van der Waals surface area contributed by atoms with Crippen LogP contribution >= 0.6 is 0 Å². The minimum atomic E-state index is -0.784. The zero-order valence-corrected chi connectivity index (χ0v) is 11.6. The Labute approximate surface area is 118 Å². The Morgan fingerprint density at radius 3 is 2.65 bits per heavy atom. The van der Waals surface area contributed by atoms with Crippen molar-refractivity contribution in [3.8, 4) is 0 Å². The summed E-state index contributed by atoms with van der Waals surface area (Å²) in [6.45, 7) is 0. The Morgan fingerprint density at radius 1 is 1.25 bits per heavy atom. The second kappa shape index (κ2) is 5.08. The van der Waals surface area contributed by atoms with Crippen LogP contribution in [0, 0.1) is 17.7 Å². The molecule has 20 heavy (non-hydrogen) atoms. The van der Waals surface area contributed by atoms with E-state index in [9.17, 15) is 9.18 Å². The number of para-hydroxylation sites is 1. The van der Waals surface area contributed by atoms with Crippen LogP contribution in [0.5, 0.6) is 0 Å². The second-order valence-electron chi connectivity index (χ2n) is 6.25. The Bertz CT molecular complexity index is 515. The summed E-state index contributed by atoms with van der Waals surface area (Å²) < 4.78 is 13.8. The first-order chi connectivity index (χ1) is 9.61. The average Bonchev–Trinajstić information content (AvgIpc) is 3.26. The third-order valence-electron chi connectivity index (χ3n) is 4.80. The molecule has 2 saturated carbocycles. The quantitative estimate of drug-likeness (QED) is 0.888. The van der Waals surface area contributed by atoms with Crippen LogP contribution in [0.2, 0.25) is 0 Å². The van der Waals surface area contributed by atoms with E-state index in [0.717, 1.165) is 18.8 Å². The van der Waals surface area contributed by atoms with Crippen molar-refractivity contribution in [2.75, 3.05) is 5.32 Å². The number of nitrogens with two attached hydrogens (primary N) is 1. The van der Waals surface area contributed by atoms with Crippen molar-refractivity contribution in [2.24, 2.45) is 17.6 Å². The van der Waals surface area contributed by atoms with Crippen LogP contribution in [-0.2, 0) is 4.79 Å². The normalized spacial score (nSPS) is 29.9. The number of hydrogen-bond acceptors (Lipinski definition) is 2. The topological polar surface area (TPSA) is 55.1 Å². The predicted octanol–water partition coefficient (Wildman–Crippen LogP) is 3.06. The fraction of sp³-hybridized carbons (Fsp3) is 0.562. The molecule has 1 aromatic rings. The molecule has 0 aromatic heterocycles. The summed E-state index contributed by atoms with van der Waals surface area (Å²) in [5.74, 6) is 0.611. The highest BCUT2D eigenvalue weighted by Gasteiger charge is 2.45. The minimum Gasteiger partial charge on any atom is -0.369 e. The van der Waals surface area contributed by atoms with Crippen molar-refractivity contribution in [3.05, 3.63) is 30.1 Å². The van der Waals surface area contributed by atoms with Gasteiger partial charge >= 0.3 is 0 Å². The highest BCUT2D eigenvalue weighted by Crippen LogP contribution is 2.47. The van der Waals surface area contributed by atoms with Crippen LogP contribution in [0.3, 0.4) is 0 Å². The smallest absolute Gasteiger partial charge is 0.243 e. The molecule has 1 aromatic carbocycles. The molecule has 0 spiro atoms. The van der Waals surface area contributed by atoms with Crippen molar-refractivity contribution in [1.29, 1.82) is 0 Å². The predicted molar refractivity (Wildman–Crippen MR) is 76.6 cm³/mol. The van der Waals surface area contributed by atoms with Gasteiger partial charge in [0.2, 0.25) is 5.91 Å². The lowest BCUT2D eigenvalue weighted by atomic mass is 9.73. The fourth-order valence-corrected chi connectivity index (χ4v) is 3.51. The van der Waals surface area contributed by atoms with Crippen LogP contribution < -0.4 is 11.1 Å². The van der Waals surface area contributed by atoms with Crippen molar-refractivity contribution in [2.45, 2.75) is 44.1 Å². The second-order valence-corrected chi connectivity index (χ2v) is 6.25. The Morgan fingerprint density at radius 2 is 2.00 bits per heavy atom. The number of hydrogen-bond donors (Lipinski definition) is 2. The van der Waals surface area contributed by atoms with Crippen LogP contribution in [0.1, 0.15) is 38.5 Å². The van der Waals surface area contributed by atoms with E-state index in [0.29, 0.717) is 18.0 Å². The summed E-state index contributed by atoms with van der Waals surface area (Å²) in [5, 5.41) is 3.13. The molecule has 4 heteroatoms. The molecule has 0 aliphatic heterocycles. The number of nitrogens with one attached hydrogen (secondary N) is 1. The van der Waals surface area contributed by atoms with Gasteiger partial charge < -0.3 is 11.1 Å². The van der Waals surface area contributed by atoms with Crippen molar-refractivity contribution in [1.82, 2.24) is 0 Å². The lowest BCUT2D eigenvalue weighted by Crippen LogP contribution is -2.53. The molecular formula is C16H21FN2O. The maximum Gasteiger partial charge on any atom is 0.243 e. The molecule has 0 bridgehead atoms. The molecule has 3 rings (SSSR count). The van der Waals surface area contributed by atoms with E-state index < -0.39 is 5.54 Å². The van der Waals surface area contributed by atoms with E-state index in [2.05, 4.69) is 5.32 Å². The SMILES string of the molecule is NC(=O)C1(Nc2ccccc2F)CCCC(C2CC2)C1. The highest BCUT2D eigenvalue weighted by molar-refractivity contribution is 5.88. The molecule has 2 fully saturated rings. The summed E-state index contributed by atoms with van der Waals surface area (Å²) in [7, 11) is 0. The van der Waals surface area contributed by atoms with Crippen LogP contribution in [-0.4, -0.2) is 11.4 Å². The van der Waals surface area contributed by atoms with Crippen molar-refractivity contribution >= 4 is 11.6 Å². The van der Waals surface area contributed by atoms with Gasteiger partial charge in [0.25, 0.3) is 0 Å². The number of carbonyl (C=O) groups is 1. The molecule has 0 saturated heterocycles. The lowest BCUT2D eigenvalue weighted by Gasteiger charge is -2.40. The summed E-state index contributed by atoms with van der Waals surface area (Å²) in [4.78, 5) is 12.0. The third-order valence-corrected chi connectivity index (χ3v) is 4.80. The minimum absolute atomic E-state index is 0.332. The molecule has 2 aliphatic carbocycles. The van der Waals surface area contributed by atoms with Gasteiger partial charge in [0, 0.05) is 0 Å². The zero-order chi connectivity index (χ0) is 14.2. The molecule has 3 nitrogen and oxygen atoms in total. The first kappa shape index (κ1) is 13.4. The van der Waals surface area contributed by atoms with E-state index in [1.165, 1.54) is 25.3 Å². The number of rotatable bonds is 4. The first-order valence-electron chi connectivity index (χ1n) is 7.43. The lowest BCUT2D eigenvalue weighted by molar-refractivity contribution is -0.124. The first-order valence-corrected chi connectivity index (χ1v) is 7.43. The van der Waals surface area contributed by atoms with Gasteiger partial charge in [0.15, 0.2) is 0 Å². The van der Waals surface area contributed by atoms with Gasteiger partial charge in [-0.1, -0.05) is 18.6 Å². The number of carbonyl (C=O) groups excluding carboxylic acids is 1. The number of anilines is 1. The van der Waals surface area contributed by atoms with E-state index in [4.69, 9.17) is 5.73 Å². The summed E-state index contributed by atoms with van der Waals surface area (Å²) >= 11 is 0. The van der Waals surface area contributed by atoms with E-state index in [-0.39, 0.29) is 11.7 Å². The van der Waals surface area contributed by atoms with Crippen LogP contribution in [0.15, 0.2) is 24.3 Å². The van der Waals surface area contributed by atoms with E-state index >= 15 is 0 Å². The van der Waals surface area contributed by atoms with Gasteiger partial charge in [-0.05, 0) is 56.1 Å². The van der Waals surface area contributed by atoms with Gasteiger partial charge in [-0.3, -0.25) is 4.79 Å². The number of amides is 1. The molecule has 2 aliphatic rings.